The van der Waals surface area contributed by atoms with Crippen molar-refractivity contribution in [3.63, 3.8) is 0 Å². The summed E-state index contributed by atoms with van der Waals surface area (Å²) in [5, 5.41) is 9.19. The largest absolute Gasteiger partial charge is 0.368 e. The van der Waals surface area contributed by atoms with Crippen LogP contribution < -0.4 is 16.0 Å². The normalized spacial score (nSPS) is 24.1. The summed E-state index contributed by atoms with van der Waals surface area (Å²) < 4.78 is 0. The first-order chi connectivity index (χ1) is 12.2. The first-order valence-corrected chi connectivity index (χ1v) is 9.45. The Labute approximate surface area is 156 Å². The van der Waals surface area contributed by atoms with Gasteiger partial charge in [0, 0.05) is 31.7 Å². The molecular weight excluding hydrogens is 328 g/mol. The van der Waals surface area contributed by atoms with Crippen LogP contribution in [0.1, 0.15) is 46.1 Å². The molecule has 26 heavy (non-hydrogen) atoms. The molecule has 6 nitrogen and oxygen atoms in total. The Morgan fingerprint density at radius 3 is 2.62 bits per heavy atom. The minimum absolute atomic E-state index is 0.0221. The fourth-order valence-corrected chi connectivity index (χ4v) is 3.89. The second-order valence-electron chi connectivity index (χ2n) is 7.89. The molecule has 2 amide bonds. The topological polar surface area (TPSA) is 83.1 Å². The number of aromatic nitrogens is 1. The summed E-state index contributed by atoms with van der Waals surface area (Å²) in [7, 11) is 0. The van der Waals surface area contributed by atoms with Gasteiger partial charge in [0.05, 0.1) is 5.41 Å². The number of nitrogens with one attached hydrogen (secondary N) is 3. The second kappa shape index (κ2) is 8.06. The summed E-state index contributed by atoms with van der Waals surface area (Å²) in [6.45, 7) is 11.7. The average molecular weight is 361 g/mol. The van der Waals surface area contributed by atoms with Gasteiger partial charge >= 0.3 is 0 Å². The molecule has 1 aromatic heterocycles. The lowest BCUT2D eigenvalue weighted by Gasteiger charge is -2.39. The fraction of sp³-hybridized carbons (Fsp3) is 0.650. The first kappa shape index (κ1) is 20.2. The molecule has 3 N–H and O–H groups in total. The Morgan fingerprint density at radius 1 is 1.23 bits per heavy atom. The van der Waals surface area contributed by atoms with Gasteiger partial charge < -0.3 is 16.0 Å². The molecule has 1 aliphatic rings. The number of hydrogen-bond donors (Lipinski definition) is 3. The van der Waals surface area contributed by atoms with Crippen molar-refractivity contribution >= 4 is 17.6 Å². The van der Waals surface area contributed by atoms with Crippen molar-refractivity contribution in [3.8, 4) is 0 Å². The Morgan fingerprint density at radius 2 is 1.96 bits per heavy atom. The molecule has 0 aliphatic heterocycles. The highest BCUT2D eigenvalue weighted by Gasteiger charge is 2.57. The third-order valence-electron chi connectivity index (χ3n) is 6.11. The summed E-state index contributed by atoms with van der Waals surface area (Å²) in [5.41, 5.74) is 0.137. The van der Waals surface area contributed by atoms with Gasteiger partial charge in [-0.3, -0.25) is 9.59 Å². The molecule has 0 bridgehead atoms. The van der Waals surface area contributed by atoms with Crippen LogP contribution in [0.15, 0.2) is 18.3 Å². The van der Waals surface area contributed by atoms with Gasteiger partial charge in [0.1, 0.15) is 5.82 Å². The fourth-order valence-electron chi connectivity index (χ4n) is 3.89. The maximum Gasteiger partial charge on any atom is 0.226 e. The maximum atomic E-state index is 12.9. The molecule has 6 heteroatoms. The second-order valence-corrected chi connectivity index (χ2v) is 7.89. The van der Waals surface area contributed by atoms with E-state index in [9.17, 15) is 9.59 Å². The number of aryl methyl sites for hydroxylation is 1. The predicted octanol–water partition coefficient (Wildman–Crippen LogP) is 2.50. The van der Waals surface area contributed by atoms with Crippen molar-refractivity contribution in [2.45, 2.75) is 47.5 Å². The van der Waals surface area contributed by atoms with Crippen LogP contribution in [0.25, 0.3) is 0 Å². The van der Waals surface area contributed by atoms with Crippen LogP contribution in [0.5, 0.6) is 0 Å². The van der Waals surface area contributed by atoms with Gasteiger partial charge in [-0.2, -0.15) is 0 Å². The summed E-state index contributed by atoms with van der Waals surface area (Å²) in [4.78, 5) is 29.5. The molecule has 1 aromatic rings. The zero-order chi connectivity index (χ0) is 19.4. The van der Waals surface area contributed by atoms with Crippen LogP contribution in [0.3, 0.4) is 0 Å². The lowest BCUT2D eigenvalue weighted by molar-refractivity contribution is -0.138. The van der Waals surface area contributed by atoms with E-state index in [1.54, 1.807) is 6.20 Å². The zero-order valence-corrected chi connectivity index (χ0v) is 16.6. The minimum Gasteiger partial charge on any atom is -0.368 e. The van der Waals surface area contributed by atoms with Crippen LogP contribution in [-0.4, -0.2) is 36.4 Å². The molecular formula is C20H32N4O2. The number of hydrogen-bond acceptors (Lipinski definition) is 4. The number of amides is 2. The summed E-state index contributed by atoms with van der Waals surface area (Å²) in [6, 6.07) is 3.90. The Balaban J connectivity index is 1.92. The van der Waals surface area contributed by atoms with E-state index in [0.717, 1.165) is 24.2 Å². The molecule has 2 atom stereocenters. The van der Waals surface area contributed by atoms with Crippen molar-refractivity contribution in [1.29, 1.82) is 0 Å². The minimum atomic E-state index is -0.552. The number of pyridine rings is 1. The van der Waals surface area contributed by atoms with Gasteiger partial charge in [0.15, 0.2) is 0 Å². The summed E-state index contributed by atoms with van der Waals surface area (Å²) >= 11 is 0. The quantitative estimate of drug-likeness (QED) is 0.653. The van der Waals surface area contributed by atoms with E-state index in [1.807, 2.05) is 46.8 Å². The van der Waals surface area contributed by atoms with Crippen molar-refractivity contribution in [3.05, 3.63) is 23.9 Å². The molecule has 0 radical (unpaired) electrons. The molecule has 1 heterocycles. The van der Waals surface area contributed by atoms with E-state index < -0.39 is 5.41 Å². The Hall–Kier alpha value is -2.11. The smallest absolute Gasteiger partial charge is 0.226 e. The predicted molar refractivity (Wildman–Crippen MR) is 104 cm³/mol. The molecule has 2 rings (SSSR count). The van der Waals surface area contributed by atoms with E-state index in [1.165, 1.54) is 0 Å². The zero-order valence-electron chi connectivity index (χ0n) is 16.6. The number of anilines is 1. The van der Waals surface area contributed by atoms with E-state index in [2.05, 4.69) is 20.9 Å². The van der Waals surface area contributed by atoms with Crippen LogP contribution in [-0.2, 0) is 9.59 Å². The SMILES string of the molecule is CCNC(=O)[C@@H]1CC[C@](C)(C(=O)NCCNc2ncccc2C)C1(C)C. The van der Waals surface area contributed by atoms with E-state index >= 15 is 0 Å². The van der Waals surface area contributed by atoms with Crippen molar-refractivity contribution in [2.24, 2.45) is 16.7 Å². The highest BCUT2D eigenvalue weighted by Crippen LogP contribution is 2.56. The number of nitrogens with zero attached hydrogens (tertiary/aromatic N) is 1. The van der Waals surface area contributed by atoms with E-state index in [4.69, 9.17) is 0 Å². The lowest BCUT2D eigenvalue weighted by Crippen LogP contribution is -2.50. The van der Waals surface area contributed by atoms with Crippen molar-refractivity contribution in [2.75, 3.05) is 25.0 Å². The first-order valence-electron chi connectivity index (χ1n) is 9.45. The standard InChI is InChI=1S/C20H32N4O2/c1-6-21-17(25)15-9-10-20(5,19(15,3)4)18(26)24-13-12-23-16-14(2)8-7-11-22-16/h7-8,11,15H,6,9-10,12-13H2,1-5H3,(H,21,25)(H,22,23)(H,24,26)/t15-,20+/m0/s1. The summed E-state index contributed by atoms with van der Waals surface area (Å²) in [5.74, 6) is 0.785. The molecule has 1 aliphatic carbocycles. The van der Waals surface area contributed by atoms with Gasteiger partial charge in [0.2, 0.25) is 11.8 Å². The highest BCUT2D eigenvalue weighted by molar-refractivity contribution is 5.87. The third kappa shape index (κ3) is 3.84. The van der Waals surface area contributed by atoms with Crippen LogP contribution in [0.2, 0.25) is 0 Å². The van der Waals surface area contributed by atoms with Crippen LogP contribution >= 0.6 is 0 Å². The molecule has 0 saturated heterocycles. The van der Waals surface area contributed by atoms with E-state index in [-0.39, 0.29) is 23.1 Å². The monoisotopic (exact) mass is 360 g/mol. The van der Waals surface area contributed by atoms with Gasteiger partial charge in [-0.25, -0.2) is 4.98 Å². The average Bonchev–Trinajstić information content (AvgIpc) is 2.84. The molecule has 0 unspecified atom stereocenters. The van der Waals surface area contributed by atoms with Gasteiger partial charge in [-0.15, -0.1) is 0 Å². The Kier molecular flexibility index (Phi) is 6.26. The molecule has 1 fully saturated rings. The number of carbonyl (C=O) groups excluding carboxylic acids is 2. The third-order valence-corrected chi connectivity index (χ3v) is 6.11. The lowest BCUT2D eigenvalue weighted by atomic mass is 9.65. The van der Waals surface area contributed by atoms with Gasteiger partial charge in [-0.05, 0) is 43.7 Å². The van der Waals surface area contributed by atoms with Gasteiger partial charge in [0.25, 0.3) is 0 Å². The summed E-state index contributed by atoms with van der Waals surface area (Å²) in [6.07, 6.45) is 3.21. The number of rotatable bonds is 7. The van der Waals surface area contributed by atoms with Crippen molar-refractivity contribution < 1.29 is 9.59 Å². The van der Waals surface area contributed by atoms with Crippen LogP contribution in [0.4, 0.5) is 5.82 Å². The molecule has 0 spiro atoms. The number of carbonyl (C=O) groups is 2. The highest BCUT2D eigenvalue weighted by atomic mass is 16.2. The maximum absolute atomic E-state index is 12.9. The van der Waals surface area contributed by atoms with E-state index in [0.29, 0.717) is 19.6 Å². The van der Waals surface area contributed by atoms with Crippen LogP contribution in [0, 0.1) is 23.7 Å². The molecule has 0 aromatic carbocycles. The Bertz CT molecular complexity index is 659. The van der Waals surface area contributed by atoms with Gasteiger partial charge in [-0.1, -0.05) is 26.8 Å². The molecule has 1 saturated carbocycles. The van der Waals surface area contributed by atoms with Crippen molar-refractivity contribution in [1.82, 2.24) is 15.6 Å². The molecule has 144 valence electrons.